The number of nitrogens with zero attached hydrogens (tertiary/aromatic N) is 3. The van der Waals surface area contributed by atoms with Gasteiger partial charge in [-0.05, 0) is 45.9 Å². The van der Waals surface area contributed by atoms with Gasteiger partial charge in [-0.3, -0.25) is 19.4 Å². The number of rotatable bonds is 7. The molecule has 2 atom stereocenters. The van der Waals surface area contributed by atoms with E-state index in [1.54, 1.807) is 19.9 Å². The molecule has 2 heterocycles. The van der Waals surface area contributed by atoms with E-state index < -0.39 is 11.5 Å². The van der Waals surface area contributed by atoms with E-state index in [4.69, 9.17) is 10.5 Å². The molecule has 2 aliphatic heterocycles. The molecule has 0 saturated carbocycles. The summed E-state index contributed by atoms with van der Waals surface area (Å²) in [6.07, 6.45) is 0.728. The standard InChI is InChI=1S/C22H33FN4O3.ClH/c1-15(2)30-19-7-6-17(23)14-18(19)26-12-10-25(11-13-26)8-5-9-27-20(28)16(3)22(4,24)21(27)29;/h6-7,14-16H,5,8-13,24H2,1-4H3;1H. The summed E-state index contributed by atoms with van der Waals surface area (Å²) in [5.41, 5.74) is 5.70. The van der Waals surface area contributed by atoms with Gasteiger partial charge in [0.25, 0.3) is 0 Å². The first kappa shape index (κ1) is 25.4. The van der Waals surface area contributed by atoms with Crippen molar-refractivity contribution in [1.82, 2.24) is 9.80 Å². The Morgan fingerprint density at radius 3 is 2.39 bits per heavy atom. The lowest BCUT2D eigenvalue weighted by Gasteiger charge is -2.37. The number of anilines is 1. The Morgan fingerprint density at radius 2 is 1.84 bits per heavy atom. The van der Waals surface area contributed by atoms with Gasteiger partial charge in [0.05, 0.1) is 17.7 Å². The maximum Gasteiger partial charge on any atom is 0.249 e. The molecule has 2 aliphatic rings. The number of halogens is 2. The molecule has 3 rings (SSSR count). The number of hydrogen-bond donors (Lipinski definition) is 1. The number of nitrogens with two attached hydrogens (primary N) is 1. The van der Waals surface area contributed by atoms with E-state index in [-0.39, 0.29) is 36.1 Å². The smallest absolute Gasteiger partial charge is 0.249 e. The van der Waals surface area contributed by atoms with Crippen molar-refractivity contribution in [3.63, 3.8) is 0 Å². The van der Waals surface area contributed by atoms with Crippen LogP contribution in [0.4, 0.5) is 10.1 Å². The first-order valence-electron chi connectivity index (χ1n) is 10.7. The average molecular weight is 457 g/mol. The highest BCUT2D eigenvalue weighted by atomic mass is 35.5. The van der Waals surface area contributed by atoms with E-state index in [1.807, 2.05) is 13.8 Å². The van der Waals surface area contributed by atoms with Crippen LogP contribution in [0.5, 0.6) is 5.75 Å². The number of carbonyl (C=O) groups excluding carboxylic acids is 2. The summed E-state index contributed by atoms with van der Waals surface area (Å²) in [6, 6.07) is 4.64. The van der Waals surface area contributed by atoms with Gasteiger partial charge in [0, 0.05) is 38.8 Å². The van der Waals surface area contributed by atoms with Crippen molar-refractivity contribution in [2.24, 2.45) is 11.7 Å². The van der Waals surface area contributed by atoms with Crippen LogP contribution < -0.4 is 15.4 Å². The Balaban J connectivity index is 0.00000341. The van der Waals surface area contributed by atoms with Crippen LogP contribution in [0.25, 0.3) is 0 Å². The maximum atomic E-state index is 13.8. The van der Waals surface area contributed by atoms with Gasteiger partial charge in [-0.1, -0.05) is 6.92 Å². The summed E-state index contributed by atoms with van der Waals surface area (Å²) in [7, 11) is 0. The van der Waals surface area contributed by atoms with Crippen LogP contribution >= 0.6 is 12.4 Å². The molecule has 1 aromatic rings. The molecule has 2 saturated heterocycles. The molecule has 1 aromatic carbocycles. The monoisotopic (exact) mass is 456 g/mol. The summed E-state index contributed by atoms with van der Waals surface area (Å²) in [5, 5.41) is 0. The number of likely N-dealkylation sites (tertiary alicyclic amines) is 1. The normalized spacial score (nSPS) is 24.7. The van der Waals surface area contributed by atoms with Gasteiger partial charge < -0.3 is 15.4 Å². The average Bonchev–Trinajstić information content (AvgIpc) is 2.84. The summed E-state index contributed by atoms with van der Waals surface area (Å²) in [6.45, 7) is 11.6. The number of ether oxygens (including phenoxy) is 1. The lowest BCUT2D eigenvalue weighted by atomic mass is 9.91. The van der Waals surface area contributed by atoms with Crippen molar-refractivity contribution in [3.8, 4) is 5.75 Å². The highest BCUT2D eigenvalue weighted by Crippen LogP contribution is 2.31. The topological polar surface area (TPSA) is 79.1 Å². The number of carbonyl (C=O) groups is 2. The van der Waals surface area contributed by atoms with E-state index >= 15 is 0 Å². The van der Waals surface area contributed by atoms with Gasteiger partial charge in [-0.15, -0.1) is 12.4 Å². The molecule has 0 spiro atoms. The Labute approximate surface area is 190 Å². The van der Waals surface area contributed by atoms with E-state index in [0.29, 0.717) is 18.7 Å². The highest BCUT2D eigenvalue weighted by Gasteiger charge is 2.51. The van der Waals surface area contributed by atoms with Crippen molar-refractivity contribution >= 4 is 29.9 Å². The van der Waals surface area contributed by atoms with Crippen LogP contribution in [0.15, 0.2) is 18.2 Å². The Morgan fingerprint density at radius 1 is 1.19 bits per heavy atom. The van der Waals surface area contributed by atoms with Gasteiger partial charge >= 0.3 is 0 Å². The van der Waals surface area contributed by atoms with E-state index in [0.717, 1.165) is 38.4 Å². The van der Waals surface area contributed by atoms with E-state index in [9.17, 15) is 14.0 Å². The molecule has 0 aromatic heterocycles. The first-order valence-corrected chi connectivity index (χ1v) is 10.7. The fraction of sp³-hybridized carbons (Fsp3) is 0.636. The molecule has 9 heteroatoms. The molecule has 31 heavy (non-hydrogen) atoms. The summed E-state index contributed by atoms with van der Waals surface area (Å²) >= 11 is 0. The Hall–Kier alpha value is -1.90. The number of piperazine rings is 1. The summed E-state index contributed by atoms with van der Waals surface area (Å²) < 4.78 is 19.7. The zero-order chi connectivity index (χ0) is 22.1. The van der Waals surface area contributed by atoms with Crippen molar-refractivity contribution in [2.45, 2.75) is 45.8 Å². The SMILES string of the molecule is CC(C)Oc1ccc(F)cc1N1CCN(CCCN2C(=O)C(C)C(C)(N)C2=O)CC1.Cl. The predicted molar refractivity (Wildman–Crippen MR) is 121 cm³/mol. The van der Waals surface area contributed by atoms with Gasteiger partial charge in [-0.25, -0.2) is 4.39 Å². The lowest BCUT2D eigenvalue weighted by molar-refractivity contribution is -0.140. The predicted octanol–water partition coefficient (Wildman–Crippen LogP) is 2.27. The lowest BCUT2D eigenvalue weighted by Crippen LogP contribution is -2.49. The maximum absolute atomic E-state index is 13.8. The number of amides is 2. The molecule has 2 fully saturated rings. The minimum Gasteiger partial charge on any atom is -0.489 e. The van der Waals surface area contributed by atoms with Gasteiger partial charge in [0.2, 0.25) is 11.8 Å². The molecular weight excluding hydrogens is 423 g/mol. The molecule has 174 valence electrons. The van der Waals surface area contributed by atoms with Crippen LogP contribution in [0.2, 0.25) is 0 Å². The number of benzene rings is 1. The van der Waals surface area contributed by atoms with Crippen LogP contribution in [-0.4, -0.2) is 72.5 Å². The third kappa shape index (κ3) is 5.48. The van der Waals surface area contributed by atoms with Crippen LogP contribution in [0.1, 0.15) is 34.1 Å². The van der Waals surface area contributed by atoms with E-state index in [1.165, 1.54) is 17.0 Å². The molecule has 0 radical (unpaired) electrons. The first-order chi connectivity index (χ1) is 14.1. The Bertz CT molecular complexity index is 797. The summed E-state index contributed by atoms with van der Waals surface area (Å²) in [5.74, 6) is -0.524. The van der Waals surface area contributed by atoms with Crippen LogP contribution in [0.3, 0.4) is 0 Å². The quantitative estimate of drug-likeness (QED) is 0.634. The zero-order valence-corrected chi connectivity index (χ0v) is 19.6. The second-order valence-corrected chi connectivity index (χ2v) is 8.76. The molecule has 2 unspecified atom stereocenters. The fourth-order valence-electron chi connectivity index (χ4n) is 4.03. The molecule has 2 N–H and O–H groups in total. The highest BCUT2D eigenvalue weighted by molar-refractivity contribution is 6.09. The molecule has 7 nitrogen and oxygen atoms in total. The number of hydrogen-bond acceptors (Lipinski definition) is 6. The van der Waals surface area contributed by atoms with Crippen molar-refractivity contribution in [3.05, 3.63) is 24.0 Å². The van der Waals surface area contributed by atoms with Gasteiger partial charge in [0.1, 0.15) is 17.1 Å². The molecular formula is C22H34ClFN4O3. The van der Waals surface area contributed by atoms with Crippen molar-refractivity contribution in [1.29, 1.82) is 0 Å². The zero-order valence-electron chi connectivity index (χ0n) is 18.8. The molecule has 0 aliphatic carbocycles. The van der Waals surface area contributed by atoms with E-state index in [2.05, 4.69) is 9.80 Å². The third-order valence-corrected chi connectivity index (χ3v) is 6.09. The third-order valence-electron chi connectivity index (χ3n) is 6.09. The molecule has 0 bridgehead atoms. The molecule has 2 amide bonds. The fourth-order valence-corrected chi connectivity index (χ4v) is 4.03. The van der Waals surface area contributed by atoms with Crippen molar-refractivity contribution < 1.29 is 18.7 Å². The minimum atomic E-state index is -1.11. The minimum absolute atomic E-state index is 0. The van der Waals surface area contributed by atoms with Crippen LogP contribution in [0, 0.1) is 11.7 Å². The second kappa shape index (κ2) is 10.1. The van der Waals surface area contributed by atoms with Gasteiger partial charge in [-0.2, -0.15) is 0 Å². The summed E-state index contributed by atoms with van der Waals surface area (Å²) in [4.78, 5) is 30.4. The number of imide groups is 1. The Kier molecular flexibility index (Phi) is 8.30. The van der Waals surface area contributed by atoms with Gasteiger partial charge in [0.15, 0.2) is 0 Å². The second-order valence-electron chi connectivity index (χ2n) is 8.76. The largest absolute Gasteiger partial charge is 0.489 e. The van der Waals surface area contributed by atoms with Crippen molar-refractivity contribution in [2.75, 3.05) is 44.2 Å². The van der Waals surface area contributed by atoms with Crippen LogP contribution in [-0.2, 0) is 9.59 Å².